The van der Waals surface area contributed by atoms with Crippen LogP contribution < -0.4 is 5.32 Å². The highest BCUT2D eigenvalue weighted by atomic mass is 35.5. The Morgan fingerprint density at radius 2 is 1.84 bits per heavy atom. The lowest BCUT2D eigenvalue weighted by Crippen LogP contribution is -2.45. The van der Waals surface area contributed by atoms with Gasteiger partial charge in [0, 0.05) is 19.1 Å². The average Bonchev–Trinajstić information content (AvgIpc) is 2.76. The van der Waals surface area contributed by atoms with Crippen LogP contribution in [0.5, 0.6) is 0 Å². The largest absolute Gasteiger partial charge is 0.452 e. The van der Waals surface area contributed by atoms with Crippen molar-refractivity contribution in [3.63, 3.8) is 0 Å². The Hall–Kier alpha value is -1.64. The van der Waals surface area contributed by atoms with E-state index < -0.39 is 22.6 Å². The minimum Gasteiger partial charge on any atom is -0.452 e. The third kappa shape index (κ3) is 5.79. The third-order valence-electron chi connectivity index (χ3n) is 6.50. The molecule has 31 heavy (non-hydrogen) atoms. The van der Waals surface area contributed by atoms with Crippen LogP contribution >= 0.6 is 11.6 Å². The highest BCUT2D eigenvalue weighted by Gasteiger charge is 2.29. The lowest BCUT2D eigenvalue weighted by atomic mass is 9.78. The molecule has 1 N–H and O–H groups in total. The highest BCUT2D eigenvalue weighted by Crippen LogP contribution is 2.29. The lowest BCUT2D eigenvalue weighted by molar-refractivity contribution is -0.125. The summed E-state index contributed by atoms with van der Waals surface area (Å²) in [6.45, 7) is 4.78. The van der Waals surface area contributed by atoms with Crippen molar-refractivity contribution in [1.82, 2.24) is 9.62 Å². The number of piperidine rings is 1. The summed E-state index contributed by atoms with van der Waals surface area (Å²) in [7, 11) is -3.71. The van der Waals surface area contributed by atoms with E-state index in [0.717, 1.165) is 38.5 Å². The number of carbonyl (C=O) groups excluding carboxylic acids is 2. The second-order valence-corrected chi connectivity index (χ2v) is 11.0. The van der Waals surface area contributed by atoms with E-state index in [1.807, 2.05) is 0 Å². The first kappa shape index (κ1) is 24.0. The van der Waals surface area contributed by atoms with Crippen molar-refractivity contribution in [2.24, 2.45) is 11.8 Å². The first-order valence-corrected chi connectivity index (χ1v) is 12.8. The fourth-order valence-electron chi connectivity index (χ4n) is 4.32. The number of hydrogen-bond donors (Lipinski definition) is 1. The van der Waals surface area contributed by atoms with Crippen molar-refractivity contribution in [3.8, 4) is 0 Å². The second-order valence-electron chi connectivity index (χ2n) is 8.62. The molecule has 1 heterocycles. The molecule has 2 aliphatic rings. The van der Waals surface area contributed by atoms with Crippen molar-refractivity contribution in [2.75, 3.05) is 19.7 Å². The van der Waals surface area contributed by atoms with Gasteiger partial charge < -0.3 is 10.1 Å². The zero-order valence-corrected chi connectivity index (χ0v) is 19.7. The molecular weight excluding hydrogens is 440 g/mol. The van der Waals surface area contributed by atoms with Gasteiger partial charge in [0.25, 0.3) is 5.91 Å². The maximum Gasteiger partial charge on any atom is 0.340 e. The topological polar surface area (TPSA) is 92.8 Å². The van der Waals surface area contributed by atoms with Gasteiger partial charge in [-0.2, -0.15) is 4.31 Å². The Balaban J connectivity index is 1.63. The predicted molar refractivity (Wildman–Crippen MR) is 118 cm³/mol. The Morgan fingerprint density at radius 1 is 1.13 bits per heavy atom. The number of nitrogens with zero attached hydrogens (tertiary/aromatic N) is 1. The number of esters is 1. The first-order valence-electron chi connectivity index (χ1n) is 11.0. The quantitative estimate of drug-likeness (QED) is 0.641. The van der Waals surface area contributed by atoms with Crippen molar-refractivity contribution in [2.45, 2.75) is 63.3 Å². The summed E-state index contributed by atoms with van der Waals surface area (Å²) in [6.07, 6.45) is 5.75. The molecule has 1 aromatic carbocycles. The van der Waals surface area contributed by atoms with Gasteiger partial charge in [-0.1, -0.05) is 44.7 Å². The summed E-state index contributed by atoms with van der Waals surface area (Å²) >= 11 is 6.12. The SMILES string of the molecule is C[C@H]1[C@H](C)CCC[C@H]1NC(=O)COC(=O)c1cc(S(=O)(=O)N2CCCCC2)ccc1Cl. The molecule has 9 heteroatoms. The van der Waals surface area contributed by atoms with Gasteiger partial charge in [-0.3, -0.25) is 4.79 Å². The molecule has 1 aliphatic heterocycles. The van der Waals surface area contributed by atoms with E-state index in [4.69, 9.17) is 16.3 Å². The molecule has 172 valence electrons. The Morgan fingerprint density at radius 3 is 2.55 bits per heavy atom. The summed E-state index contributed by atoms with van der Waals surface area (Å²) in [5.41, 5.74) is -0.0628. The fraction of sp³-hybridized carbons (Fsp3) is 0.636. The van der Waals surface area contributed by atoms with Crippen LogP contribution in [0.3, 0.4) is 0 Å². The Kier molecular flexibility index (Phi) is 7.99. The minimum absolute atomic E-state index is 0.000203. The van der Waals surface area contributed by atoms with Gasteiger partial charge in [0.1, 0.15) is 0 Å². The molecule has 2 fully saturated rings. The number of halogens is 1. The van der Waals surface area contributed by atoms with Crippen molar-refractivity contribution in [1.29, 1.82) is 0 Å². The van der Waals surface area contributed by atoms with E-state index in [1.165, 1.54) is 22.5 Å². The molecule has 0 radical (unpaired) electrons. The molecule has 1 aromatic rings. The Labute approximate surface area is 189 Å². The smallest absolute Gasteiger partial charge is 0.340 e. The normalized spacial score (nSPS) is 25.1. The lowest BCUT2D eigenvalue weighted by Gasteiger charge is -2.34. The van der Waals surface area contributed by atoms with Crippen LogP contribution in [0, 0.1) is 11.8 Å². The van der Waals surface area contributed by atoms with Crippen molar-refractivity contribution >= 4 is 33.5 Å². The summed E-state index contributed by atoms with van der Waals surface area (Å²) in [5.74, 6) is -0.294. The average molecular weight is 471 g/mol. The van der Waals surface area contributed by atoms with E-state index in [9.17, 15) is 18.0 Å². The zero-order valence-electron chi connectivity index (χ0n) is 18.1. The van der Waals surface area contributed by atoms with Crippen molar-refractivity contribution < 1.29 is 22.7 Å². The van der Waals surface area contributed by atoms with Crippen LogP contribution in [0.15, 0.2) is 23.1 Å². The molecule has 1 saturated heterocycles. The number of amides is 1. The zero-order chi connectivity index (χ0) is 22.6. The molecule has 0 spiro atoms. The van der Waals surface area contributed by atoms with Crippen LogP contribution in [-0.4, -0.2) is 50.3 Å². The van der Waals surface area contributed by atoms with Crippen LogP contribution in [0.2, 0.25) is 5.02 Å². The molecule has 1 amide bonds. The standard InChI is InChI=1S/C22H31ClN2O5S/c1-15-7-6-8-20(16(15)2)24-21(26)14-30-22(27)18-13-17(9-10-19(18)23)31(28,29)25-11-4-3-5-12-25/h9-10,13,15-16,20H,3-8,11-12,14H2,1-2H3,(H,24,26)/t15-,16+,20-/m1/s1. The second kappa shape index (κ2) is 10.3. The van der Waals surface area contributed by atoms with Gasteiger partial charge in [0.15, 0.2) is 6.61 Å². The summed E-state index contributed by atoms with van der Waals surface area (Å²) in [5, 5.41) is 3.03. The third-order valence-corrected chi connectivity index (χ3v) is 8.72. The summed E-state index contributed by atoms with van der Waals surface area (Å²) in [6, 6.07) is 4.07. The number of rotatable bonds is 6. The van der Waals surface area contributed by atoms with Crippen molar-refractivity contribution in [3.05, 3.63) is 28.8 Å². The van der Waals surface area contributed by atoms with E-state index in [1.54, 1.807) is 0 Å². The van der Waals surface area contributed by atoms with E-state index in [-0.39, 0.29) is 27.4 Å². The van der Waals surface area contributed by atoms with Gasteiger partial charge >= 0.3 is 5.97 Å². The van der Waals surface area contributed by atoms with Gasteiger partial charge in [-0.25, -0.2) is 13.2 Å². The molecule has 0 unspecified atom stereocenters. The van der Waals surface area contributed by atoms with Gasteiger partial charge in [0.05, 0.1) is 15.5 Å². The molecule has 3 atom stereocenters. The maximum absolute atomic E-state index is 12.9. The molecule has 0 bridgehead atoms. The highest BCUT2D eigenvalue weighted by molar-refractivity contribution is 7.89. The minimum atomic E-state index is -3.71. The van der Waals surface area contributed by atoms with E-state index >= 15 is 0 Å². The van der Waals surface area contributed by atoms with Gasteiger partial charge in [-0.15, -0.1) is 0 Å². The van der Waals surface area contributed by atoms with Gasteiger partial charge in [0.2, 0.25) is 10.0 Å². The van der Waals surface area contributed by atoms with Crippen LogP contribution in [0.4, 0.5) is 0 Å². The fourth-order valence-corrected chi connectivity index (χ4v) is 6.06. The molecule has 0 aromatic heterocycles. The molecule has 1 aliphatic carbocycles. The predicted octanol–water partition coefficient (Wildman–Crippen LogP) is 3.61. The number of carbonyl (C=O) groups is 2. The molecule has 1 saturated carbocycles. The summed E-state index contributed by atoms with van der Waals surface area (Å²) < 4.78 is 32.3. The summed E-state index contributed by atoms with van der Waals surface area (Å²) in [4.78, 5) is 24.8. The molecule has 7 nitrogen and oxygen atoms in total. The number of sulfonamides is 1. The first-order chi connectivity index (χ1) is 14.7. The number of nitrogens with one attached hydrogen (secondary N) is 1. The number of hydrogen-bond acceptors (Lipinski definition) is 5. The monoisotopic (exact) mass is 470 g/mol. The molecular formula is C22H31ClN2O5S. The maximum atomic E-state index is 12.9. The van der Waals surface area contributed by atoms with E-state index in [2.05, 4.69) is 19.2 Å². The van der Waals surface area contributed by atoms with Crippen LogP contribution in [0.25, 0.3) is 0 Å². The van der Waals surface area contributed by atoms with Crippen LogP contribution in [-0.2, 0) is 19.6 Å². The number of ether oxygens (including phenoxy) is 1. The molecule has 3 rings (SSSR count). The van der Waals surface area contributed by atoms with Gasteiger partial charge in [-0.05, 0) is 49.3 Å². The Bertz CT molecular complexity index is 914. The number of benzene rings is 1. The van der Waals surface area contributed by atoms with Crippen LogP contribution in [0.1, 0.15) is 62.7 Å². The van der Waals surface area contributed by atoms with E-state index in [0.29, 0.717) is 24.9 Å².